The highest BCUT2D eigenvalue weighted by Crippen LogP contribution is 2.24. The van der Waals surface area contributed by atoms with Crippen molar-refractivity contribution in [2.45, 2.75) is 27.1 Å². The average molecular weight is 318 g/mol. The van der Waals surface area contributed by atoms with Gasteiger partial charge in [0.15, 0.2) is 6.20 Å². The van der Waals surface area contributed by atoms with Gasteiger partial charge in [-0.1, -0.05) is 56.3 Å². The molecule has 0 fully saturated rings. The van der Waals surface area contributed by atoms with Crippen molar-refractivity contribution < 1.29 is 7.31 Å². The molecule has 1 heterocycles. The van der Waals surface area contributed by atoms with E-state index >= 15 is 0 Å². The van der Waals surface area contributed by atoms with Crippen LogP contribution in [-0.2, 0) is 13.4 Å². The van der Waals surface area contributed by atoms with Crippen LogP contribution < -0.4 is 4.57 Å². The first-order chi connectivity index (χ1) is 12.3. The lowest BCUT2D eigenvalue weighted by atomic mass is 9.99. The lowest BCUT2D eigenvalue weighted by Gasteiger charge is -2.08. The Morgan fingerprint density at radius 1 is 0.917 bits per heavy atom. The zero-order valence-corrected chi connectivity index (χ0v) is 14.9. The third-order valence-corrected chi connectivity index (χ3v) is 4.23. The van der Waals surface area contributed by atoms with Gasteiger partial charge < -0.3 is 0 Å². The Hall–Kier alpha value is -2.41. The molecular formula is C23H26N+. The molecule has 1 nitrogen and oxygen atoms in total. The Morgan fingerprint density at radius 2 is 1.58 bits per heavy atom. The van der Waals surface area contributed by atoms with Gasteiger partial charge in [-0.05, 0) is 48.0 Å². The second-order valence-electron chi connectivity index (χ2n) is 6.61. The molecule has 3 aromatic rings. The second kappa shape index (κ2) is 7.00. The summed E-state index contributed by atoms with van der Waals surface area (Å²) < 4.78 is 18.6. The molecule has 0 saturated carbocycles. The quantitative estimate of drug-likeness (QED) is 0.571. The molecule has 0 aliphatic heterocycles. The van der Waals surface area contributed by atoms with Gasteiger partial charge in [-0.25, -0.2) is 4.57 Å². The fourth-order valence-electron chi connectivity index (χ4n) is 3.01. The first kappa shape index (κ1) is 14.0. The SMILES string of the molecule is [2H]C([2H])(c1ccc(-c2ccc(-c3ccccc3C)[n+](C)c2)cc1)C(C)C. The van der Waals surface area contributed by atoms with Crippen LogP contribution in [0, 0.1) is 12.8 Å². The number of hydrogen-bond donors (Lipinski definition) is 0. The van der Waals surface area contributed by atoms with Crippen LogP contribution in [0.3, 0.4) is 0 Å². The number of aryl methyl sites for hydroxylation is 2. The predicted octanol–water partition coefficient (Wildman–Crippen LogP) is 5.35. The Bertz CT molecular complexity index is 912. The highest BCUT2D eigenvalue weighted by Gasteiger charge is 2.13. The molecule has 0 spiro atoms. The van der Waals surface area contributed by atoms with Crippen LogP contribution in [0.25, 0.3) is 22.4 Å². The van der Waals surface area contributed by atoms with Crippen LogP contribution in [0.1, 0.15) is 27.7 Å². The monoisotopic (exact) mass is 318 g/mol. The highest BCUT2D eigenvalue weighted by atomic mass is 14.9. The van der Waals surface area contributed by atoms with Crippen molar-refractivity contribution >= 4 is 0 Å². The summed E-state index contributed by atoms with van der Waals surface area (Å²) in [6.45, 7) is 5.96. The summed E-state index contributed by atoms with van der Waals surface area (Å²) in [5, 5.41) is 0. The molecule has 0 unspecified atom stereocenters. The Balaban J connectivity index is 1.94. The molecule has 3 rings (SSSR count). The van der Waals surface area contributed by atoms with Crippen LogP contribution >= 0.6 is 0 Å². The molecule has 0 atom stereocenters. The van der Waals surface area contributed by atoms with Crippen molar-refractivity contribution in [1.82, 2.24) is 0 Å². The molecule has 0 N–H and O–H groups in total. The first-order valence-corrected chi connectivity index (χ1v) is 8.47. The van der Waals surface area contributed by atoms with Gasteiger partial charge in [-0.15, -0.1) is 0 Å². The van der Waals surface area contributed by atoms with Gasteiger partial charge in [0.25, 0.3) is 0 Å². The minimum atomic E-state index is -1.31. The van der Waals surface area contributed by atoms with Gasteiger partial charge in [0.05, 0.1) is 0 Å². The van der Waals surface area contributed by atoms with E-state index in [1.54, 1.807) is 0 Å². The minimum absolute atomic E-state index is 0.0560. The third-order valence-electron chi connectivity index (χ3n) is 4.23. The molecule has 2 aromatic carbocycles. The Morgan fingerprint density at radius 3 is 2.21 bits per heavy atom. The van der Waals surface area contributed by atoms with E-state index in [1.807, 2.05) is 38.1 Å². The van der Waals surface area contributed by atoms with Gasteiger partial charge in [0.2, 0.25) is 5.69 Å². The molecule has 122 valence electrons. The van der Waals surface area contributed by atoms with Crippen LogP contribution in [0.5, 0.6) is 0 Å². The lowest BCUT2D eigenvalue weighted by Crippen LogP contribution is -2.30. The van der Waals surface area contributed by atoms with Crippen molar-refractivity contribution in [2.75, 3.05) is 0 Å². The van der Waals surface area contributed by atoms with Crippen molar-refractivity contribution in [2.24, 2.45) is 13.0 Å². The molecule has 0 aliphatic rings. The van der Waals surface area contributed by atoms with Gasteiger partial charge in [0, 0.05) is 19.9 Å². The van der Waals surface area contributed by atoms with Crippen LogP contribution in [0.2, 0.25) is 0 Å². The van der Waals surface area contributed by atoms with Gasteiger partial charge in [0.1, 0.15) is 7.05 Å². The molecule has 1 heteroatoms. The molecule has 0 radical (unpaired) electrons. The fourth-order valence-corrected chi connectivity index (χ4v) is 3.01. The smallest absolute Gasteiger partial charge is 0.200 e. The number of hydrogen-bond acceptors (Lipinski definition) is 0. The molecule has 1 aromatic heterocycles. The third kappa shape index (κ3) is 3.56. The molecule has 0 amide bonds. The maximum absolute atomic E-state index is 8.24. The zero-order chi connectivity index (χ0) is 18.9. The summed E-state index contributed by atoms with van der Waals surface area (Å²) in [6, 6.07) is 20.5. The molecule has 24 heavy (non-hydrogen) atoms. The van der Waals surface area contributed by atoms with E-state index in [4.69, 9.17) is 2.74 Å². The zero-order valence-electron chi connectivity index (χ0n) is 16.9. The molecule has 0 saturated heterocycles. The summed E-state index contributed by atoms with van der Waals surface area (Å²) >= 11 is 0. The Labute approximate surface area is 148 Å². The van der Waals surface area contributed by atoms with E-state index in [1.165, 1.54) is 16.8 Å². The Kier molecular flexibility index (Phi) is 4.08. The van der Waals surface area contributed by atoms with Gasteiger partial charge in [-0.2, -0.15) is 0 Å². The van der Waals surface area contributed by atoms with E-state index in [9.17, 15) is 0 Å². The minimum Gasteiger partial charge on any atom is -0.200 e. The van der Waals surface area contributed by atoms with Crippen molar-refractivity contribution in [3.05, 3.63) is 78.0 Å². The topological polar surface area (TPSA) is 3.88 Å². The number of pyridine rings is 1. The van der Waals surface area contributed by atoms with E-state index in [0.717, 1.165) is 16.7 Å². The second-order valence-corrected chi connectivity index (χ2v) is 6.61. The first-order valence-electron chi connectivity index (χ1n) is 9.47. The lowest BCUT2D eigenvalue weighted by molar-refractivity contribution is -0.659. The van der Waals surface area contributed by atoms with Gasteiger partial charge in [-0.3, -0.25) is 0 Å². The number of nitrogens with zero attached hydrogens (tertiary/aromatic N) is 1. The number of rotatable bonds is 4. The predicted molar refractivity (Wildman–Crippen MR) is 102 cm³/mol. The summed E-state index contributed by atoms with van der Waals surface area (Å²) in [5.41, 5.74) is 6.64. The molecule has 0 aliphatic carbocycles. The summed E-state index contributed by atoms with van der Waals surface area (Å²) in [7, 11) is 2.07. The fraction of sp³-hybridized carbons (Fsp3) is 0.261. The van der Waals surface area contributed by atoms with E-state index in [2.05, 4.69) is 61.1 Å². The summed E-state index contributed by atoms with van der Waals surface area (Å²) in [4.78, 5) is 0. The molecule has 0 bridgehead atoms. The standard InChI is InChI=1S/C23H26N/c1-17(2)15-19-9-11-20(12-10-19)21-13-14-23(24(4)16-21)22-8-6-5-7-18(22)3/h5-14,16-17H,15H2,1-4H3/q+1/i15D2. The van der Waals surface area contributed by atoms with Crippen LogP contribution in [0.15, 0.2) is 66.9 Å². The maximum atomic E-state index is 8.24. The number of benzene rings is 2. The normalized spacial score (nSPS) is 12.9. The van der Waals surface area contributed by atoms with Gasteiger partial charge >= 0.3 is 0 Å². The van der Waals surface area contributed by atoms with Crippen LogP contribution in [-0.4, -0.2) is 0 Å². The van der Waals surface area contributed by atoms with E-state index < -0.39 is 6.37 Å². The van der Waals surface area contributed by atoms with Crippen molar-refractivity contribution in [1.29, 1.82) is 0 Å². The molecular weight excluding hydrogens is 290 g/mol. The summed E-state index contributed by atoms with van der Waals surface area (Å²) in [6.07, 6.45) is 0.825. The van der Waals surface area contributed by atoms with Crippen molar-refractivity contribution in [3.63, 3.8) is 0 Å². The van der Waals surface area contributed by atoms with E-state index in [-0.39, 0.29) is 5.92 Å². The van der Waals surface area contributed by atoms with Crippen molar-refractivity contribution in [3.8, 4) is 22.4 Å². The number of aromatic nitrogens is 1. The average Bonchev–Trinajstić information content (AvgIpc) is 2.62. The largest absolute Gasteiger partial charge is 0.212 e. The van der Waals surface area contributed by atoms with E-state index in [0.29, 0.717) is 0 Å². The highest BCUT2D eigenvalue weighted by molar-refractivity contribution is 5.66. The van der Waals surface area contributed by atoms with Crippen LogP contribution in [0.4, 0.5) is 0 Å². The maximum Gasteiger partial charge on any atom is 0.212 e. The summed E-state index contributed by atoms with van der Waals surface area (Å²) in [5.74, 6) is -0.0560.